The molecular formula is C19H17FN2O3S. The van der Waals surface area contributed by atoms with Gasteiger partial charge in [0.05, 0.1) is 11.5 Å². The van der Waals surface area contributed by atoms with E-state index < -0.39 is 10.0 Å². The average molecular weight is 372 g/mol. The molecule has 7 heteroatoms. The van der Waals surface area contributed by atoms with Crippen molar-refractivity contribution in [2.75, 3.05) is 13.2 Å². The molecule has 0 aliphatic carbocycles. The van der Waals surface area contributed by atoms with Crippen LogP contribution in [0.1, 0.15) is 6.42 Å². The molecule has 1 fully saturated rings. The summed E-state index contributed by atoms with van der Waals surface area (Å²) in [4.78, 5) is 3.17. The first-order valence-electron chi connectivity index (χ1n) is 8.28. The molecule has 1 N–H and O–H groups in total. The number of fused-ring (bicyclic) bond motifs is 1. The minimum atomic E-state index is -3.72. The van der Waals surface area contributed by atoms with Crippen molar-refractivity contribution in [3.05, 3.63) is 54.5 Å². The van der Waals surface area contributed by atoms with Crippen molar-refractivity contribution < 1.29 is 17.5 Å². The van der Waals surface area contributed by atoms with E-state index in [1.165, 1.54) is 30.5 Å². The van der Waals surface area contributed by atoms with Crippen LogP contribution in [0.3, 0.4) is 0 Å². The highest BCUT2D eigenvalue weighted by atomic mass is 32.2. The van der Waals surface area contributed by atoms with Crippen molar-refractivity contribution in [2.45, 2.75) is 11.3 Å². The SMILES string of the molecule is O=S(=O)(/N=C\C1CCOC1)c1ccc(-c2c[nH]c3cc(F)ccc23)cc1. The number of halogens is 1. The Hall–Kier alpha value is -2.51. The molecule has 1 saturated heterocycles. The molecule has 0 amide bonds. The standard InChI is InChI=1S/C19H17FN2O3S/c20-15-3-6-17-18(11-21-19(17)9-15)14-1-4-16(5-2-14)26(23,24)22-10-13-7-8-25-12-13/h1-6,9-11,13,21H,7-8,12H2/b22-10-. The molecule has 5 nitrogen and oxygen atoms in total. The van der Waals surface area contributed by atoms with Gasteiger partial charge in [0.25, 0.3) is 10.0 Å². The number of nitrogens with zero attached hydrogens (tertiary/aromatic N) is 1. The number of H-pyrrole nitrogens is 1. The smallest absolute Gasteiger partial charge is 0.281 e. The van der Waals surface area contributed by atoms with E-state index in [1.54, 1.807) is 24.4 Å². The molecular weight excluding hydrogens is 355 g/mol. The van der Waals surface area contributed by atoms with Crippen LogP contribution in [0.2, 0.25) is 0 Å². The first kappa shape index (κ1) is 16.9. The summed E-state index contributed by atoms with van der Waals surface area (Å²) in [6.07, 6.45) is 4.04. The van der Waals surface area contributed by atoms with Crippen LogP contribution >= 0.6 is 0 Å². The molecule has 4 rings (SSSR count). The predicted octanol–water partition coefficient (Wildman–Crippen LogP) is 3.77. The third-order valence-electron chi connectivity index (χ3n) is 4.48. The van der Waals surface area contributed by atoms with E-state index in [9.17, 15) is 12.8 Å². The number of aromatic nitrogens is 1. The Morgan fingerprint density at radius 3 is 2.73 bits per heavy atom. The summed E-state index contributed by atoms with van der Waals surface area (Å²) in [7, 11) is -3.72. The molecule has 3 aromatic rings. The number of sulfonamides is 1. The molecule has 1 aliphatic rings. The van der Waals surface area contributed by atoms with Crippen molar-refractivity contribution in [1.82, 2.24) is 4.98 Å². The van der Waals surface area contributed by atoms with Gasteiger partial charge in [0.15, 0.2) is 0 Å². The molecule has 0 saturated carbocycles. The number of hydrogen-bond acceptors (Lipinski definition) is 3. The third-order valence-corrected chi connectivity index (χ3v) is 5.75. The second kappa shape index (κ2) is 6.66. The molecule has 0 spiro atoms. The fourth-order valence-corrected chi connectivity index (χ4v) is 3.98. The van der Waals surface area contributed by atoms with E-state index in [0.29, 0.717) is 18.7 Å². The van der Waals surface area contributed by atoms with E-state index in [-0.39, 0.29) is 16.6 Å². The van der Waals surface area contributed by atoms with Gasteiger partial charge in [0, 0.05) is 41.4 Å². The van der Waals surface area contributed by atoms with Crippen LogP contribution in [-0.2, 0) is 14.8 Å². The van der Waals surface area contributed by atoms with Gasteiger partial charge in [-0.15, -0.1) is 0 Å². The van der Waals surface area contributed by atoms with Gasteiger partial charge >= 0.3 is 0 Å². The molecule has 26 heavy (non-hydrogen) atoms. The van der Waals surface area contributed by atoms with Crippen LogP contribution in [0.5, 0.6) is 0 Å². The molecule has 0 bridgehead atoms. The van der Waals surface area contributed by atoms with E-state index in [1.807, 2.05) is 0 Å². The van der Waals surface area contributed by atoms with Crippen molar-refractivity contribution in [2.24, 2.45) is 10.3 Å². The second-order valence-corrected chi connectivity index (χ2v) is 7.90. The predicted molar refractivity (Wildman–Crippen MR) is 98.3 cm³/mol. The Kier molecular flexibility index (Phi) is 4.34. The Morgan fingerprint density at radius 1 is 1.19 bits per heavy atom. The van der Waals surface area contributed by atoms with E-state index in [2.05, 4.69) is 9.38 Å². The van der Waals surface area contributed by atoms with Crippen LogP contribution in [0.4, 0.5) is 4.39 Å². The van der Waals surface area contributed by atoms with Crippen LogP contribution in [0.25, 0.3) is 22.0 Å². The number of nitrogens with one attached hydrogen (secondary N) is 1. The summed E-state index contributed by atoms with van der Waals surface area (Å²) in [5, 5.41) is 0.876. The van der Waals surface area contributed by atoms with Gasteiger partial charge in [-0.05, 0) is 42.3 Å². The molecule has 1 atom stereocenters. The maximum atomic E-state index is 13.3. The normalized spacial score (nSPS) is 18.1. The summed E-state index contributed by atoms with van der Waals surface area (Å²) in [6.45, 7) is 1.15. The van der Waals surface area contributed by atoms with Crippen molar-refractivity contribution >= 4 is 27.1 Å². The maximum absolute atomic E-state index is 13.3. The second-order valence-electron chi connectivity index (χ2n) is 6.27. The van der Waals surface area contributed by atoms with Gasteiger partial charge < -0.3 is 9.72 Å². The summed E-state index contributed by atoms with van der Waals surface area (Å²) in [5.74, 6) is -0.256. The topological polar surface area (TPSA) is 71.5 Å². The highest BCUT2D eigenvalue weighted by Crippen LogP contribution is 2.30. The largest absolute Gasteiger partial charge is 0.381 e. The molecule has 0 radical (unpaired) electrons. The lowest BCUT2D eigenvalue weighted by Gasteiger charge is -2.03. The first-order chi connectivity index (χ1) is 12.5. The van der Waals surface area contributed by atoms with Crippen LogP contribution in [0, 0.1) is 11.7 Å². The lowest BCUT2D eigenvalue weighted by atomic mass is 10.1. The number of ether oxygens (including phenoxy) is 1. The van der Waals surface area contributed by atoms with Crippen LogP contribution in [-0.4, -0.2) is 32.8 Å². The number of hydrogen-bond donors (Lipinski definition) is 1. The minimum Gasteiger partial charge on any atom is -0.381 e. The Labute approximate surface area is 150 Å². The average Bonchev–Trinajstić information content (AvgIpc) is 3.29. The van der Waals surface area contributed by atoms with Gasteiger partial charge in [-0.1, -0.05) is 12.1 Å². The quantitative estimate of drug-likeness (QED) is 0.709. The van der Waals surface area contributed by atoms with Crippen LogP contribution in [0.15, 0.2) is 58.0 Å². The summed E-state index contributed by atoms with van der Waals surface area (Å²) in [6, 6.07) is 11.1. The number of rotatable bonds is 4. The fraction of sp³-hybridized carbons (Fsp3) is 0.211. The zero-order valence-electron chi connectivity index (χ0n) is 13.9. The van der Waals surface area contributed by atoms with Gasteiger partial charge in [0.1, 0.15) is 5.82 Å². The van der Waals surface area contributed by atoms with E-state index in [0.717, 1.165) is 22.9 Å². The number of aromatic amines is 1. The lowest BCUT2D eigenvalue weighted by Crippen LogP contribution is -2.04. The molecule has 1 aliphatic heterocycles. The van der Waals surface area contributed by atoms with Crippen molar-refractivity contribution in [3.63, 3.8) is 0 Å². The summed E-state index contributed by atoms with van der Waals surface area (Å²) < 4.78 is 47.0. The minimum absolute atomic E-state index is 0.0515. The third kappa shape index (κ3) is 3.27. The lowest BCUT2D eigenvalue weighted by molar-refractivity contribution is 0.193. The van der Waals surface area contributed by atoms with Gasteiger partial charge in [0.2, 0.25) is 0 Å². The highest BCUT2D eigenvalue weighted by molar-refractivity contribution is 7.90. The fourth-order valence-electron chi connectivity index (χ4n) is 3.04. The Balaban J connectivity index is 1.61. The monoisotopic (exact) mass is 372 g/mol. The highest BCUT2D eigenvalue weighted by Gasteiger charge is 2.17. The Morgan fingerprint density at radius 2 is 2.00 bits per heavy atom. The molecule has 2 heterocycles. The molecule has 134 valence electrons. The van der Waals surface area contributed by atoms with Gasteiger partial charge in [-0.2, -0.15) is 12.8 Å². The molecule has 2 aromatic carbocycles. The van der Waals surface area contributed by atoms with Crippen molar-refractivity contribution in [3.8, 4) is 11.1 Å². The van der Waals surface area contributed by atoms with Gasteiger partial charge in [-0.3, -0.25) is 0 Å². The van der Waals surface area contributed by atoms with Crippen LogP contribution < -0.4 is 0 Å². The summed E-state index contributed by atoms with van der Waals surface area (Å²) in [5.41, 5.74) is 2.42. The van der Waals surface area contributed by atoms with E-state index >= 15 is 0 Å². The molecule has 1 aromatic heterocycles. The number of benzene rings is 2. The zero-order chi connectivity index (χ0) is 18.1. The first-order valence-corrected chi connectivity index (χ1v) is 9.72. The summed E-state index contributed by atoms with van der Waals surface area (Å²) >= 11 is 0. The maximum Gasteiger partial charge on any atom is 0.281 e. The van der Waals surface area contributed by atoms with Crippen molar-refractivity contribution in [1.29, 1.82) is 0 Å². The Bertz CT molecular complexity index is 1070. The zero-order valence-corrected chi connectivity index (χ0v) is 14.7. The molecule has 1 unspecified atom stereocenters. The van der Waals surface area contributed by atoms with Gasteiger partial charge in [-0.25, -0.2) is 4.39 Å². The van der Waals surface area contributed by atoms with E-state index in [4.69, 9.17) is 4.74 Å².